The van der Waals surface area contributed by atoms with E-state index in [4.69, 9.17) is 10.5 Å². The van der Waals surface area contributed by atoms with Gasteiger partial charge in [0.05, 0.1) is 6.04 Å². The molecule has 1 amide bonds. The first-order chi connectivity index (χ1) is 9.70. The van der Waals surface area contributed by atoms with Gasteiger partial charge >= 0.3 is 0 Å². The Bertz CT molecular complexity index is 557. The number of tetrazole rings is 1. The smallest absolute Gasteiger partial charge is 0.258 e. The molecule has 0 aliphatic heterocycles. The van der Waals surface area contributed by atoms with E-state index in [0.29, 0.717) is 18.1 Å². The van der Waals surface area contributed by atoms with Gasteiger partial charge in [0.1, 0.15) is 5.75 Å². The Morgan fingerprint density at radius 3 is 3.00 bits per heavy atom. The molecule has 20 heavy (non-hydrogen) atoms. The Balaban J connectivity index is 1.86. The molecule has 4 N–H and O–H groups in total. The molecule has 0 saturated carbocycles. The van der Waals surface area contributed by atoms with E-state index in [1.807, 2.05) is 18.2 Å². The number of hydrogen-bond acceptors (Lipinski definition) is 6. The Labute approximate surface area is 115 Å². The molecular formula is C12H16N6O2. The monoisotopic (exact) mass is 276 g/mol. The highest BCUT2D eigenvalue weighted by atomic mass is 16.5. The number of carbonyl (C=O) groups is 1. The third-order valence-corrected chi connectivity index (χ3v) is 2.68. The normalized spacial score (nSPS) is 11.9. The zero-order chi connectivity index (χ0) is 14.4. The Kier molecular flexibility index (Phi) is 4.61. The number of carbonyl (C=O) groups excluding carboxylic acids is 1. The number of ether oxygens (including phenoxy) is 1. The zero-order valence-corrected chi connectivity index (χ0v) is 11.0. The molecule has 1 heterocycles. The molecule has 1 aromatic heterocycles. The Morgan fingerprint density at radius 1 is 1.50 bits per heavy atom. The van der Waals surface area contributed by atoms with Crippen LogP contribution in [0.2, 0.25) is 0 Å². The molecule has 0 radical (unpaired) electrons. The quantitative estimate of drug-likeness (QED) is 0.678. The lowest BCUT2D eigenvalue weighted by atomic mass is 10.2. The fourth-order valence-corrected chi connectivity index (χ4v) is 1.66. The van der Waals surface area contributed by atoms with E-state index in [1.165, 1.54) is 0 Å². The average Bonchev–Trinajstić information content (AvgIpc) is 2.99. The van der Waals surface area contributed by atoms with E-state index >= 15 is 0 Å². The minimum atomic E-state index is -0.338. The first-order valence-corrected chi connectivity index (χ1v) is 6.14. The van der Waals surface area contributed by atoms with Gasteiger partial charge in [0.25, 0.3) is 5.91 Å². The SMILES string of the molecule is CC(NC(=O)COc1ccccc1CN)c1nn[nH]n1. The standard InChI is InChI=1S/C12H16N6O2/c1-8(12-15-17-18-16-12)14-11(19)7-20-10-5-3-2-4-9(10)6-13/h2-5,8H,6-7,13H2,1H3,(H,14,19)(H,15,16,17,18). The van der Waals surface area contributed by atoms with E-state index in [0.717, 1.165) is 5.56 Å². The van der Waals surface area contributed by atoms with Crippen LogP contribution in [0.5, 0.6) is 5.75 Å². The maximum atomic E-state index is 11.8. The van der Waals surface area contributed by atoms with Crippen molar-refractivity contribution in [1.29, 1.82) is 0 Å². The molecule has 1 aromatic carbocycles. The highest BCUT2D eigenvalue weighted by molar-refractivity contribution is 5.77. The topological polar surface area (TPSA) is 119 Å². The van der Waals surface area contributed by atoms with E-state index in [-0.39, 0.29) is 18.6 Å². The first kappa shape index (κ1) is 13.9. The molecule has 0 fully saturated rings. The highest BCUT2D eigenvalue weighted by Gasteiger charge is 2.14. The molecule has 8 heteroatoms. The number of nitrogens with zero attached hydrogens (tertiary/aromatic N) is 3. The summed E-state index contributed by atoms with van der Waals surface area (Å²) in [5, 5.41) is 16.1. The summed E-state index contributed by atoms with van der Waals surface area (Å²) in [7, 11) is 0. The molecule has 2 aromatic rings. The Morgan fingerprint density at radius 2 is 2.30 bits per heavy atom. The van der Waals surface area contributed by atoms with Crippen molar-refractivity contribution in [2.75, 3.05) is 6.61 Å². The highest BCUT2D eigenvalue weighted by Crippen LogP contribution is 2.16. The Hall–Kier alpha value is -2.48. The largest absolute Gasteiger partial charge is 0.483 e. The van der Waals surface area contributed by atoms with Crippen molar-refractivity contribution in [1.82, 2.24) is 25.9 Å². The van der Waals surface area contributed by atoms with Crippen LogP contribution in [-0.2, 0) is 11.3 Å². The van der Waals surface area contributed by atoms with E-state index in [9.17, 15) is 4.79 Å². The van der Waals surface area contributed by atoms with Gasteiger partial charge in [-0.15, -0.1) is 10.2 Å². The number of hydrogen-bond donors (Lipinski definition) is 3. The molecule has 1 atom stereocenters. The lowest BCUT2D eigenvalue weighted by molar-refractivity contribution is -0.123. The van der Waals surface area contributed by atoms with E-state index in [2.05, 4.69) is 25.9 Å². The van der Waals surface area contributed by atoms with Crippen LogP contribution in [0.25, 0.3) is 0 Å². The van der Waals surface area contributed by atoms with Crippen LogP contribution >= 0.6 is 0 Å². The average molecular weight is 276 g/mol. The number of rotatable bonds is 6. The number of nitrogens with two attached hydrogens (primary N) is 1. The lowest BCUT2D eigenvalue weighted by Gasteiger charge is -2.12. The fraction of sp³-hybridized carbons (Fsp3) is 0.333. The second kappa shape index (κ2) is 6.62. The third kappa shape index (κ3) is 3.51. The molecule has 0 aliphatic rings. The van der Waals surface area contributed by atoms with Gasteiger partial charge in [-0.1, -0.05) is 23.4 Å². The number of benzene rings is 1. The number of aromatic nitrogens is 4. The zero-order valence-electron chi connectivity index (χ0n) is 11.0. The minimum absolute atomic E-state index is 0.0980. The van der Waals surface area contributed by atoms with Gasteiger partial charge in [0.15, 0.2) is 12.4 Å². The van der Waals surface area contributed by atoms with Crippen molar-refractivity contribution in [2.45, 2.75) is 19.5 Å². The summed E-state index contributed by atoms with van der Waals surface area (Å²) in [6, 6.07) is 6.99. The summed E-state index contributed by atoms with van der Waals surface area (Å²) < 4.78 is 5.45. The van der Waals surface area contributed by atoms with E-state index < -0.39 is 0 Å². The van der Waals surface area contributed by atoms with Gasteiger partial charge in [-0.25, -0.2) is 0 Å². The summed E-state index contributed by atoms with van der Waals surface area (Å²) in [5.41, 5.74) is 6.45. The van der Waals surface area contributed by atoms with Crippen LogP contribution in [-0.4, -0.2) is 33.1 Å². The van der Waals surface area contributed by atoms with Gasteiger partial charge in [-0.2, -0.15) is 5.21 Å². The van der Waals surface area contributed by atoms with Gasteiger partial charge in [0.2, 0.25) is 0 Å². The molecule has 0 aliphatic carbocycles. The van der Waals surface area contributed by atoms with Crippen molar-refractivity contribution >= 4 is 5.91 Å². The van der Waals surface area contributed by atoms with E-state index in [1.54, 1.807) is 13.0 Å². The predicted molar refractivity (Wildman–Crippen MR) is 70.6 cm³/mol. The maximum absolute atomic E-state index is 11.8. The molecule has 8 nitrogen and oxygen atoms in total. The first-order valence-electron chi connectivity index (χ1n) is 6.14. The van der Waals surface area contributed by atoms with Gasteiger partial charge in [-0.3, -0.25) is 4.79 Å². The van der Waals surface area contributed by atoms with Crippen LogP contribution in [0.1, 0.15) is 24.4 Å². The van der Waals surface area contributed by atoms with Gasteiger partial charge in [0, 0.05) is 12.1 Å². The van der Waals surface area contributed by atoms with Gasteiger partial charge in [-0.05, 0) is 13.0 Å². The molecule has 0 bridgehead atoms. The minimum Gasteiger partial charge on any atom is -0.483 e. The van der Waals surface area contributed by atoms with Crippen molar-refractivity contribution in [2.24, 2.45) is 5.73 Å². The van der Waals surface area contributed by atoms with Crippen LogP contribution in [0.3, 0.4) is 0 Å². The molecule has 0 saturated heterocycles. The van der Waals surface area contributed by atoms with Crippen LogP contribution < -0.4 is 15.8 Å². The lowest BCUT2D eigenvalue weighted by Crippen LogP contribution is -2.32. The predicted octanol–water partition coefficient (Wildman–Crippen LogP) is -0.0854. The van der Waals surface area contributed by atoms with Crippen LogP contribution in [0, 0.1) is 0 Å². The summed E-state index contributed by atoms with van der Waals surface area (Å²) >= 11 is 0. The van der Waals surface area contributed by atoms with Crippen molar-refractivity contribution in [3.63, 3.8) is 0 Å². The second-order valence-corrected chi connectivity index (χ2v) is 4.16. The van der Waals surface area contributed by atoms with Crippen LogP contribution in [0.15, 0.2) is 24.3 Å². The molecular weight excluding hydrogens is 260 g/mol. The molecule has 1 unspecified atom stereocenters. The number of amides is 1. The fourth-order valence-electron chi connectivity index (χ4n) is 1.66. The third-order valence-electron chi connectivity index (χ3n) is 2.68. The maximum Gasteiger partial charge on any atom is 0.258 e. The van der Waals surface area contributed by atoms with Gasteiger partial charge < -0.3 is 15.8 Å². The number of H-pyrrole nitrogens is 1. The molecule has 0 spiro atoms. The number of nitrogens with one attached hydrogen (secondary N) is 2. The summed E-state index contributed by atoms with van der Waals surface area (Å²) in [5.74, 6) is 0.757. The number of para-hydroxylation sites is 1. The molecule has 2 rings (SSSR count). The van der Waals surface area contributed by atoms with Crippen molar-refractivity contribution < 1.29 is 9.53 Å². The molecule has 106 valence electrons. The van der Waals surface area contributed by atoms with Crippen molar-refractivity contribution in [3.05, 3.63) is 35.7 Å². The number of aromatic amines is 1. The summed E-state index contributed by atoms with van der Waals surface area (Å²) in [4.78, 5) is 11.8. The van der Waals surface area contributed by atoms with Crippen LogP contribution in [0.4, 0.5) is 0 Å². The van der Waals surface area contributed by atoms with Crippen molar-refractivity contribution in [3.8, 4) is 5.75 Å². The summed E-state index contributed by atoms with van der Waals surface area (Å²) in [6.07, 6.45) is 0. The summed E-state index contributed by atoms with van der Waals surface area (Å²) in [6.45, 7) is 2.02. The second-order valence-electron chi connectivity index (χ2n) is 4.16.